The Morgan fingerprint density at radius 1 is 1.00 bits per heavy atom. The maximum absolute atomic E-state index is 13.5. The predicted molar refractivity (Wildman–Crippen MR) is 125 cm³/mol. The number of cyclic esters (lactones) is 1. The van der Waals surface area contributed by atoms with Crippen molar-refractivity contribution in [3.8, 4) is 0 Å². The molecule has 35 heavy (non-hydrogen) atoms. The van der Waals surface area contributed by atoms with E-state index in [1.165, 1.54) is 30.3 Å². The number of ether oxygens (including phenoxy) is 1. The molecule has 2 atom stereocenters. The van der Waals surface area contributed by atoms with Gasteiger partial charge in [0.1, 0.15) is 12.0 Å². The van der Waals surface area contributed by atoms with Crippen LogP contribution in [0.25, 0.3) is 0 Å². The Kier molecular flexibility index (Phi) is 6.24. The molecule has 0 spiro atoms. The quantitative estimate of drug-likeness (QED) is 0.136. The summed E-state index contributed by atoms with van der Waals surface area (Å²) in [6, 6.07) is 16.3. The van der Waals surface area contributed by atoms with Gasteiger partial charge in [0.15, 0.2) is 5.78 Å². The van der Waals surface area contributed by atoms with Crippen LogP contribution in [0.3, 0.4) is 0 Å². The molecule has 0 bridgehead atoms. The Labute approximate surface area is 199 Å². The van der Waals surface area contributed by atoms with Gasteiger partial charge in [-0.3, -0.25) is 24.5 Å². The van der Waals surface area contributed by atoms with Gasteiger partial charge in [0.2, 0.25) is 5.78 Å². The molecule has 176 valence electrons. The Morgan fingerprint density at radius 2 is 1.74 bits per heavy atom. The number of fused-ring (bicyclic) bond motifs is 1. The van der Waals surface area contributed by atoms with E-state index in [1.807, 2.05) is 13.0 Å². The zero-order chi connectivity index (χ0) is 25.3. The molecule has 0 fully saturated rings. The number of benzene rings is 3. The zero-order valence-corrected chi connectivity index (χ0v) is 18.8. The maximum Gasteiger partial charge on any atom is 0.339 e. The Hall–Kier alpha value is -4.66. The standard InChI is InChI=1S/C26H20N2O7/c1-14-10-11-20(15(2)12-14)27-25(31)23(30)21(22(29)16-6-5-7-17(13-16)28(33)34)24-18-8-3-4-9-19(18)26(32)35-24/h3-13,21,24H,1-2H3,(H,27,31)/t21-,24-/m1/s1. The fraction of sp³-hybridized carbons (Fsp3) is 0.154. The first-order chi connectivity index (χ1) is 16.7. The van der Waals surface area contributed by atoms with Crippen molar-refractivity contribution in [1.29, 1.82) is 0 Å². The highest BCUT2D eigenvalue weighted by Crippen LogP contribution is 2.38. The van der Waals surface area contributed by atoms with Gasteiger partial charge < -0.3 is 10.1 Å². The summed E-state index contributed by atoms with van der Waals surface area (Å²) in [6.45, 7) is 3.64. The fourth-order valence-electron chi connectivity index (χ4n) is 4.05. The number of ketones is 2. The first-order valence-electron chi connectivity index (χ1n) is 10.7. The number of carbonyl (C=O) groups is 4. The van der Waals surface area contributed by atoms with Crippen LogP contribution in [0.15, 0.2) is 66.7 Å². The number of amides is 1. The van der Waals surface area contributed by atoms with Gasteiger partial charge in [-0.1, -0.05) is 48.0 Å². The number of rotatable bonds is 7. The van der Waals surface area contributed by atoms with E-state index in [0.29, 0.717) is 11.3 Å². The van der Waals surface area contributed by atoms with E-state index in [-0.39, 0.29) is 22.4 Å². The number of nitro groups is 1. The summed E-state index contributed by atoms with van der Waals surface area (Å²) in [5.41, 5.74) is 2.01. The number of hydrogen-bond donors (Lipinski definition) is 1. The fourth-order valence-corrected chi connectivity index (χ4v) is 4.05. The molecule has 0 aromatic heterocycles. The molecule has 0 saturated carbocycles. The third-order valence-corrected chi connectivity index (χ3v) is 5.78. The number of nitro benzene ring substituents is 1. The van der Waals surface area contributed by atoms with E-state index in [2.05, 4.69) is 5.32 Å². The number of carbonyl (C=O) groups excluding carboxylic acids is 4. The predicted octanol–water partition coefficient (Wildman–Crippen LogP) is 4.13. The number of Topliss-reactive ketones (excluding diaryl/α,β-unsaturated/α-hetero) is 2. The SMILES string of the molecule is Cc1ccc(NC(=O)C(=O)[C@@H](C(=O)c2cccc([N+](=O)[O-])c2)[C@@H]2OC(=O)c3ccccc32)c(C)c1. The number of aryl methyl sites for hydroxylation is 2. The molecule has 3 aromatic carbocycles. The van der Waals surface area contributed by atoms with Crippen LogP contribution in [0, 0.1) is 29.9 Å². The van der Waals surface area contributed by atoms with Gasteiger partial charge in [-0.15, -0.1) is 0 Å². The minimum atomic E-state index is -1.74. The molecule has 1 amide bonds. The summed E-state index contributed by atoms with van der Waals surface area (Å²) < 4.78 is 5.38. The molecule has 9 nitrogen and oxygen atoms in total. The molecule has 0 aliphatic carbocycles. The number of esters is 1. The van der Waals surface area contributed by atoms with Gasteiger partial charge in [0.05, 0.1) is 10.5 Å². The monoisotopic (exact) mass is 472 g/mol. The van der Waals surface area contributed by atoms with E-state index < -0.39 is 40.4 Å². The molecule has 3 aromatic rings. The summed E-state index contributed by atoms with van der Waals surface area (Å²) in [4.78, 5) is 62.9. The largest absolute Gasteiger partial charge is 0.453 e. The number of nitrogens with zero attached hydrogens (tertiary/aromatic N) is 1. The molecule has 0 unspecified atom stereocenters. The smallest absolute Gasteiger partial charge is 0.339 e. The van der Waals surface area contributed by atoms with Crippen molar-refractivity contribution in [3.63, 3.8) is 0 Å². The zero-order valence-electron chi connectivity index (χ0n) is 18.8. The second-order valence-corrected chi connectivity index (χ2v) is 8.20. The average Bonchev–Trinajstić information content (AvgIpc) is 3.17. The van der Waals surface area contributed by atoms with Gasteiger partial charge in [0, 0.05) is 28.9 Å². The molecule has 9 heteroatoms. The van der Waals surface area contributed by atoms with Crippen molar-refractivity contribution in [2.75, 3.05) is 5.32 Å². The van der Waals surface area contributed by atoms with Crippen LogP contribution in [0.1, 0.15) is 43.5 Å². The van der Waals surface area contributed by atoms with Crippen molar-refractivity contribution in [1.82, 2.24) is 0 Å². The molecule has 1 aliphatic heterocycles. The highest BCUT2D eigenvalue weighted by molar-refractivity contribution is 6.45. The molecular formula is C26H20N2O7. The molecule has 1 N–H and O–H groups in total. The van der Waals surface area contributed by atoms with Crippen molar-refractivity contribution in [2.45, 2.75) is 20.0 Å². The lowest BCUT2D eigenvalue weighted by Gasteiger charge is -2.21. The summed E-state index contributed by atoms with van der Waals surface area (Å²) in [6.07, 6.45) is -1.36. The van der Waals surface area contributed by atoms with E-state index in [9.17, 15) is 29.3 Å². The van der Waals surface area contributed by atoms with E-state index in [0.717, 1.165) is 11.6 Å². The first kappa shape index (κ1) is 23.5. The molecule has 1 heterocycles. The lowest BCUT2D eigenvalue weighted by atomic mass is 9.84. The molecular weight excluding hydrogens is 452 g/mol. The van der Waals surface area contributed by atoms with E-state index in [1.54, 1.807) is 31.2 Å². The number of hydrogen-bond acceptors (Lipinski definition) is 7. The number of anilines is 1. The lowest BCUT2D eigenvalue weighted by molar-refractivity contribution is -0.384. The average molecular weight is 472 g/mol. The molecule has 1 aliphatic rings. The maximum atomic E-state index is 13.5. The van der Waals surface area contributed by atoms with Crippen LogP contribution in [0.4, 0.5) is 11.4 Å². The minimum Gasteiger partial charge on any atom is -0.453 e. The summed E-state index contributed by atoms with van der Waals surface area (Å²) >= 11 is 0. The van der Waals surface area contributed by atoms with Gasteiger partial charge in [-0.05, 0) is 31.5 Å². The summed E-state index contributed by atoms with van der Waals surface area (Å²) in [7, 11) is 0. The second kappa shape index (κ2) is 9.30. The van der Waals surface area contributed by atoms with Crippen LogP contribution in [-0.2, 0) is 14.3 Å². The molecule has 0 radical (unpaired) electrons. The highest BCUT2D eigenvalue weighted by atomic mass is 16.6. The highest BCUT2D eigenvalue weighted by Gasteiger charge is 2.46. The first-order valence-corrected chi connectivity index (χ1v) is 10.7. The minimum absolute atomic E-state index is 0.155. The van der Waals surface area contributed by atoms with Gasteiger partial charge in [0.25, 0.3) is 11.6 Å². The number of non-ortho nitro benzene ring substituents is 1. The van der Waals surface area contributed by atoms with Crippen molar-refractivity contribution < 1.29 is 28.8 Å². The van der Waals surface area contributed by atoms with Crippen LogP contribution in [0.2, 0.25) is 0 Å². The second-order valence-electron chi connectivity index (χ2n) is 8.20. The van der Waals surface area contributed by atoms with Crippen LogP contribution in [-0.4, -0.2) is 28.4 Å². The van der Waals surface area contributed by atoms with E-state index >= 15 is 0 Å². The lowest BCUT2D eigenvalue weighted by Crippen LogP contribution is -2.38. The van der Waals surface area contributed by atoms with Crippen LogP contribution in [0.5, 0.6) is 0 Å². The Balaban J connectivity index is 1.74. The third-order valence-electron chi connectivity index (χ3n) is 5.78. The van der Waals surface area contributed by atoms with E-state index in [4.69, 9.17) is 4.74 Å². The normalized spacial score (nSPS) is 15.0. The van der Waals surface area contributed by atoms with Crippen molar-refractivity contribution in [2.24, 2.45) is 5.92 Å². The Morgan fingerprint density at radius 3 is 2.46 bits per heavy atom. The number of nitrogens with one attached hydrogen (secondary N) is 1. The van der Waals surface area contributed by atoms with Crippen molar-refractivity contribution in [3.05, 3.63) is 105 Å². The summed E-state index contributed by atoms with van der Waals surface area (Å²) in [5.74, 6) is -5.54. The van der Waals surface area contributed by atoms with Crippen LogP contribution < -0.4 is 5.32 Å². The topological polar surface area (TPSA) is 133 Å². The third kappa shape index (κ3) is 4.56. The van der Waals surface area contributed by atoms with Gasteiger partial charge in [-0.2, -0.15) is 0 Å². The van der Waals surface area contributed by atoms with Crippen molar-refractivity contribution >= 4 is 34.8 Å². The van der Waals surface area contributed by atoms with Gasteiger partial charge in [-0.25, -0.2) is 4.79 Å². The summed E-state index contributed by atoms with van der Waals surface area (Å²) in [5, 5.41) is 13.7. The van der Waals surface area contributed by atoms with Gasteiger partial charge >= 0.3 is 5.97 Å². The molecule has 0 saturated heterocycles. The Bertz CT molecular complexity index is 1400. The van der Waals surface area contributed by atoms with Crippen LogP contribution >= 0.6 is 0 Å². The molecule has 4 rings (SSSR count).